The molecule has 0 radical (unpaired) electrons. The molecule has 0 spiro atoms. The number of nitrogens with one attached hydrogen (secondary N) is 1. The van der Waals surface area contributed by atoms with Crippen molar-refractivity contribution in [2.24, 2.45) is 0 Å². The molecular formula is C13H24BrN5O. The van der Waals surface area contributed by atoms with Crippen LogP contribution in [0.1, 0.15) is 6.92 Å². The highest BCUT2D eigenvalue weighted by atomic mass is 79.9. The molecule has 0 aliphatic heterocycles. The molecule has 1 aromatic rings. The van der Waals surface area contributed by atoms with Crippen molar-refractivity contribution < 1.29 is 0 Å². The van der Waals surface area contributed by atoms with Crippen LogP contribution in [0.2, 0.25) is 0 Å². The molecule has 1 heterocycles. The molecule has 20 heavy (non-hydrogen) atoms. The average molecular weight is 346 g/mol. The van der Waals surface area contributed by atoms with Gasteiger partial charge in [0.05, 0.1) is 18.4 Å². The van der Waals surface area contributed by atoms with Crippen LogP contribution in [0.25, 0.3) is 0 Å². The second kappa shape index (κ2) is 7.75. The van der Waals surface area contributed by atoms with E-state index in [2.05, 4.69) is 38.2 Å². The van der Waals surface area contributed by atoms with Crippen LogP contribution in [0.3, 0.4) is 0 Å². The summed E-state index contributed by atoms with van der Waals surface area (Å²) in [6, 6.07) is 0.236. The molecular weight excluding hydrogens is 322 g/mol. The Hall–Kier alpha value is -0.920. The molecule has 1 rings (SSSR count). The summed E-state index contributed by atoms with van der Waals surface area (Å²) in [6.45, 7) is 4.32. The molecule has 0 aliphatic carbocycles. The van der Waals surface area contributed by atoms with E-state index in [4.69, 9.17) is 0 Å². The lowest BCUT2D eigenvalue weighted by atomic mass is 10.3. The van der Waals surface area contributed by atoms with E-state index in [0.29, 0.717) is 11.0 Å². The maximum absolute atomic E-state index is 12.2. The van der Waals surface area contributed by atoms with Gasteiger partial charge in [0.15, 0.2) is 0 Å². The Morgan fingerprint density at radius 2 is 2.00 bits per heavy atom. The summed E-state index contributed by atoms with van der Waals surface area (Å²) in [5, 5.41) is 7.51. The Morgan fingerprint density at radius 3 is 2.55 bits per heavy atom. The normalized spacial score (nSPS) is 13.0. The van der Waals surface area contributed by atoms with Crippen LogP contribution in [0, 0.1) is 0 Å². The highest BCUT2D eigenvalue weighted by molar-refractivity contribution is 9.10. The fourth-order valence-corrected chi connectivity index (χ4v) is 2.30. The molecule has 114 valence electrons. The average Bonchev–Trinajstić information content (AvgIpc) is 2.33. The van der Waals surface area contributed by atoms with E-state index in [1.165, 1.54) is 4.68 Å². The van der Waals surface area contributed by atoms with Crippen molar-refractivity contribution in [3.05, 3.63) is 21.0 Å². The molecule has 1 aromatic heterocycles. The first-order valence-corrected chi connectivity index (χ1v) is 7.42. The zero-order valence-electron chi connectivity index (χ0n) is 12.9. The molecule has 1 N–H and O–H groups in total. The number of aromatic nitrogens is 2. The SMILES string of the molecule is CC(CN(C)C)Nc1cnn(CCN(C)C)c(=O)c1Br. The standard InChI is InChI=1S/C13H24BrN5O/c1-10(9-18(4)5)16-11-8-15-19(7-6-17(2)3)13(20)12(11)14/h8,10,16H,6-7,9H2,1-5H3. The van der Waals surface area contributed by atoms with Crippen LogP contribution in [-0.2, 0) is 6.54 Å². The van der Waals surface area contributed by atoms with Gasteiger partial charge >= 0.3 is 0 Å². The van der Waals surface area contributed by atoms with E-state index in [1.54, 1.807) is 6.20 Å². The second-order valence-electron chi connectivity index (χ2n) is 5.51. The highest BCUT2D eigenvalue weighted by Gasteiger charge is 2.11. The van der Waals surface area contributed by atoms with E-state index >= 15 is 0 Å². The van der Waals surface area contributed by atoms with Crippen LogP contribution < -0.4 is 10.9 Å². The van der Waals surface area contributed by atoms with Crippen molar-refractivity contribution in [2.75, 3.05) is 46.6 Å². The second-order valence-corrected chi connectivity index (χ2v) is 6.30. The molecule has 0 amide bonds. The molecule has 0 aromatic carbocycles. The van der Waals surface area contributed by atoms with Gasteiger partial charge in [-0.25, -0.2) is 4.68 Å². The maximum atomic E-state index is 12.2. The van der Waals surface area contributed by atoms with Gasteiger partial charge in [-0.1, -0.05) is 0 Å². The summed E-state index contributed by atoms with van der Waals surface area (Å²) in [5.74, 6) is 0. The van der Waals surface area contributed by atoms with Crippen molar-refractivity contribution in [1.82, 2.24) is 19.6 Å². The Bertz CT molecular complexity index is 486. The topological polar surface area (TPSA) is 53.4 Å². The molecule has 0 fully saturated rings. The predicted octanol–water partition coefficient (Wildman–Crippen LogP) is 0.929. The fourth-order valence-electron chi connectivity index (χ4n) is 1.88. The van der Waals surface area contributed by atoms with Crippen LogP contribution in [0.5, 0.6) is 0 Å². The van der Waals surface area contributed by atoms with Crippen molar-refractivity contribution in [1.29, 1.82) is 0 Å². The van der Waals surface area contributed by atoms with Gasteiger partial charge in [0.2, 0.25) is 0 Å². The minimum Gasteiger partial charge on any atom is -0.379 e. The van der Waals surface area contributed by atoms with Crippen molar-refractivity contribution in [3.63, 3.8) is 0 Å². The van der Waals surface area contributed by atoms with Gasteiger partial charge in [0, 0.05) is 19.1 Å². The monoisotopic (exact) mass is 345 g/mol. The summed E-state index contributed by atoms with van der Waals surface area (Å²) in [7, 11) is 7.98. The first-order chi connectivity index (χ1) is 9.31. The number of hydrogen-bond acceptors (Lipinski definition) is 5. The third-order valence-corrected chi connectivity index (χ3v) is 3.55. The van der Waals surface area contributed by atoms with Gasteiger partial charge in [-0.15, -0.1) is 0 Å². The van der Waals surface area contributed by atoms with E-state index in [1.807, 2.05) is 33.1 Å². The molecule has 0 aliphatic rings. The van der Waals surface area contributed by atoms with Gasteiger partial charge in [-0.3, -0.25) is 4.79 Å². The summed E-state index contributed by atoms with van der Waals surface area (Å²) < 4.78 is 2.02. The van der Waals surface area contributed by atoms with Gasteiger partial charge < -0.3 is 15.1 Å². The first-order valence-electron chi connectivity index (χ1n) is 6.63. The Morgan fingerprint density at radius 1 is 1.35 bits per heavy atom. The summed E-state index contributed by atoms with van der Waals surface area (Å²) in [6.07, 6.45) is 1.70. The summed E-state index contributed by atoms with van der Waals surface area (Å²) in [5.41, 5.74) is 0.638. The summed E-state index contributed by atoms with van der Waals surface area (Å²) in [4.78, 5) is 16.3. The molecule has 6 nitrogen and oxygen atoms in total. The van der Waals surface area contributed by atoms with E-state index in [0.717, 1.165) is 18.8 Å². The smallest absolute Gasteiger partial charge is 0.283 e. The number of nitrogens with zero attached hydrogens (tertiary/aromatic N) is 4. The quantitative estimate of drug-likeness (QED) is 0.796. The fraction of sp³-hybridized carbons (Fsp3) is 0.692. The molecule has 0 saturated carbocycles. The molecule has 0 bridgehead atoms. The maximum Gasteiger partial charge on any atom is 0.283 e. The molecule has 7 heteroatoms. The van der Waals surface area contributed by atoms with Gasteiger partial charge in [0.1, 0.15) is 4.47 Å². The number of halogens is 1. The predicted molar refractivity (Wildman–Crippen MR) is 86.4 cm³/mol. The molecule has 1 atom stereocenters. The third kappa shape index (κ3) is 5.22. The van der Waals surface area contributed by atoms with Crippen molar-refractivity contribution >= 4 is 21.6 Å². The Kier molecular flexibility index (Phi) is 6.64. The van der Waals surface area contributed by atoms with E-state index in [9.17, 15) is 4.79 Å². The van der Waals surface area contributed by atoms with Crippen LogP contribution in [-0.4, -0.2) is 66.9 Å². The van der Waals surface area contributed by atoms with Gasteiger partial charge in [-0.2, -0.15) is 5.10 Å². The Labute approximate surface area is 128 Å². The van der Waals surface area contributed by atoms with Crippen LogP contribution in [0.15, 0.2) is 15.5 Å². The minimum absolute atomic E-state index is 0.103. The minimum atomic E-state index is -0.103. The van der Waals surface area contributed by atoms with Crippen molar-refractivity contribution in [2.45, 2.75) is 19.5 Å². The Balaban J connectivity index is 2.81. The number of rotatable bonds is 7. The largest absolute Gasteiger partial charge is 0.379 e. The number of anilines is 1. The zero-order chi connectivity index (χ0) is 15.3. The van der Waals surface area contributed by atoms with Gasteiger partial charge in [0.25, 0.3) is 5.56 Å². The highest BCUT2D eigenvalue weighted by Crippen LogP contribution is 2.17. The van der Waals surface area contributed by atoms with Crippen LogP contribution in [0.4, 0.5) is 5.69 Å². The van der Waals surface area contributed by atoms with E-state index < -0.39 is 0 Å². The van der Waals surface area contributed by atoms with Crippen LogP contribution >= 0.6 is 15.9 Å². The molecule has 0 saturated heterocycles. The summed E-state index contributed by atoms with van der Waals surface area (Å²) >= 11 is 3.37. The lowest BCUT2D eigenvalue weighted by molar-refractivity contribution is 0.367. The number of likely N-dealkylation sites (N-methyl/N-ethyl adjacent to an activating group) is 2. The third-order valence-electron chi connectivity index (χ3n) is 2.78. The zero-order valence-corrected chi connectivity index (χ0v) is 14.4. The van der Waals surface area contributed by atoms with Gasteiger partial charge in [-0.05, 0) is 51.0 Å². The lowest BCUT2D eigenvalue weighted by Gasteiger charge is -2.20. The molecule has 1 unspecified atom stereocenters. The van der Waals surface area contributed by atoms with E-state index in [-0.39, 0.29) is 11.6 Å². The first kappa shape index (κ1) is 17.1. The lowest BCUT2D eigenvalue weighted by Crippen LogP contribution is -2.32. The number of hydrogen-bond donors (Lipinski definition) is 1. The van der Waals surface area contributed by atoms with Crippen molar-refractivity contribution in [3.8, 4) is 0 Å².